The van der Waals surface area contributed by atoms with Crippen molar-refractivity contribution in [2.75, 3.05) is 0 Å². The van der Waals surface area contributed by atoms with E-state index in [1.54, 1.807) is 18.2 Å². The fourth-order valence-electron chi connectivity index (χ4n) is 1.60. The molecule has 98 valence electrons. The number of hydrogen-bond acceptors (Lipinski definition) is 1. The van der Waals surface area contributed by atoms with Gasteiger partial charge in [0.15, 0.2) is 0 Å². The highest BCUT2D eigenvalue weighted by atomic mass is 35.5. The topological polar surface area (TPSA) is 17.1 Å². The molecule has 0 amide bonds. The first-order valence-corrected chi connectivity index (χ1v) is 6.93. The van der Waals surface area contributed by atoms with Crippen molar-refractivity contribution in [3.63, 3.8) is 0 Å². The van der Waals surface area contributed by atoms with Gasteiger partial charge < -0.3 is 0 Å². The van der Waals surface area contributed by atoms with Gasteiger partial charge in [-0.25, -0.2) is 0 Å². The minimum absolute atomic E-state index is 0.284. The van der Waals surface area contributed by atoms with E-state index in [1.165, 1.54) is 12.1 Å². The maximum absolute atomic E-state index is 11.2. The maximum Gasteiger partial charge on any atom is 0.252 e. The standard InChI is InChI=1S/C13H5Cl5O/c14-8-2-6(1-7(3-8)13(18)19)9-4-11(16)12(17)5-10(9)15/h1-5H. The lowest BCUT2D eigenvalue weighted by Crippen LogP contribution is -1.90. The van der Waals surface area contributed by atoms with Crippen molar-refractivity contribution in [3.05, 3.63) is 56.0 Å². The second-order valence-electron chi connectivity index (χ2n) is 3.75. The van der Waals surface area contributed by atoms with E-state index in [0.717, 1.165) is 0 Å². The molecule has 0 unspecified atom stereocenters. The van der Waals surface area contributed by atoms with Crippen LogP contribution in [0.15, 0.2) is 30.3 Å². The zero-order chi connectivity index (χ0) is 14.2. The lowest BCUT2D eigenvalue weighted by molar-refractivity contribution is 0.108. The predicted molar refractivity (Wildman–Crippen MR) is 82.1 cm³/mol. The first-order chi connectivity index (χ1) is 8.88. The molecule has 0 bridgehead atoms. The molecule has 2 rings (SSSR count). The molecule has 0 aliphatic heterocycles. The minimum Gasteiger partial charge on any atom is -0.276 e. The van der Waals surface area contributed by atoms with Gasteiger partial charge in [-0.05, 0) is 47.5 Å². The SMILES string of the molecule is O=C(Cl)c1cc(Cl)cc(-c2cc(Cl)c(Cl)cc2Cl)c1. The van der Waals surface area contributed by atoms with Crippen molar-refractivity contribution < 1.29 is 4.79 Å². The van der Waals surface area contributed by atoms with Crippen molar-refractivity contribution in [3.8, 4) is 11.1 Å². The molecular weight excluding hydrogens is 349 g/mol. The van der Waals surface area contributed by atoms with Crippen LogP contribution in [0, 0.1) is 0 Å². The molecule has 0 fully saturated rings. The van der Waals surface area contributed by atoms with Crippen LogP contribution < -0.4 is 0 Å². The highest BCUT2D eigenvalue weighted by Gasteiger charge is 2.12. The summed E-state index contributed by atoms with van der Waals surface area (Å²) in [6.07, 6.45) is 0. The summed E-state index contributed by atoms with van der Waals surface area (Å²) in [4.78, 5) is 11.2. The Balaban J connectivity index is 2.65. The summed E-state index contributed by atoms with van der Waals surface area (Å²) in [7, 11) is 0. The fourth-order valence-corrected chi connectivity index (χ4v) is 2.60. The number of carbonyl (C=O) groups excluding carboxylic acids is 1. The summed E-state index contributed by atoms with van der Waals surface area (Å²) in [6.45, 7) is 0. The van der Waals surface area contributed by atoms with Crippen molar-refractivity contribution in [2.24, 2.45) is 0 Å². The Hall–Kier alpha value is -0.440. The molecule has 2 aromatic carbocycles. The Morgan fingerprint density at radius 1 is 0.789 bits per heavy atom. The molecule has 0 aliphatic rings. The van der Waals surface area contributed by atoms with Gasteiger partial charge in [-0.2, -0.15) is 0 Å². The summed E-state index contributed by atoms with van der Waals surface area (Å²) >= 11 is 29.4. The lowest BCUT2D eigenvalue weighted by atomic mass is 10.0. The van der Waals surface area contributed by atoms with E-state index in [-0.39, 0.29) is 5.56 Å². The summed E-state index contributed by atoms with van der Waals surface area (Å²) in [6, 6.07) is 7.87. The number of hydrogen-bond donors (Lipinski definition) is 0. The zero-order valence-corrected chi connectivity index (χ0v) is 13.0. The van der Waals surface area contributed by atoms with Crippen molar-refractivity contribution in [1.29, 1.82) is 0 Å². The number of benzene rings is 2. The highest BCUT2D eigenvalue weighted by Crippen LogP contribution is 2.36. The lowest BCUT2D eigenvalue weighted by Gasteiger charge is -2.08. The zero-order valence-electron chi connectivity index (χ0n) is 9.18. The average Bonchev–Trinajstić information content (AvgIpc) is 2.33. The highest BCUT2D eigenvalue weighted by molar-refractivity contribution is 6.67. The Kier molecular flexibility index (Phi) is 4.65. The van der Waals surface area contributed by atoms with Crippen LogP contribution in [0.5, 0.6) is 0 Å². The van der Waals surface area contributed by atoms with E-state index in [9.17, 15) is 4.79 Å². The molecule has 0 radical (unpaired) electrons. The molecule has 0 heterocycles. The largest absolute Gasteiger partial charge is 0.276 e. The van der Waals surface area contributed by atoms with Crippen LogP contribution in [0.4, 0.5) is 0 Å². The van der Waals surface area contributed by atoms with E-state index < -0.39 is 5.24 Å². The molecule has 0 saturated carbocycles. The van der Waals surface area contributed by atoms with Gasteiger partial charge in [-0.1, -0.05) is 46.4 Å². The first kappa shape index (κ1) is 15.0. The summed E-state index contributed by atoms with van der Waals surface area (Å²) in [5.74, 6) is 0. The van der Waals surface area contributed by atoms with Gasteiger partial charge in [0.1, 0.15) is 0 Å². The second-order valence-corrected chi connectivity index (χ2v) is 5.75. The minimum atomic E-state index is -0.597. The summed E-state index contributed by atoms with van der Waals surface area (Å²) in [5.41, 5.74) is 1.55. The number of carbonyl (C=O) groups is 1. The molecule has 0 saturated heterocycles. The van der Waals surface area contributed by atoms with E-state index in [4.69, 9.17) is 58.0 Å². The van der Waals surface area contributed by atoms with Crippen LogP contribution in [-0.2, 0) is 0 Å². The molecule has 1 nitrogen and oxygen atoms in total. The van der Waals surface area contributed by atoms with Crippen LogP contribution in [0.25, 0.3) is 11.1 Å². The van der Waals surface area contributed by atoms with Crippen LogP contribution in [0.1, 0.15) is 10.4 Å². The third kappa shape index (κ3) is 3.36. The fraction of sp³-hybridized carbons (Fsp3) is 0. The molecule has 2 aromatic rings. The number of rotatable bonds is 2. The number of halogens is 5. The van der Waals surface area contributed by atoms with Crippen molar-refractivity contribution in [2.45, 2.75) is 0 Å². The Morgan fingerprint density at radius 2 is 1.42 bits per heavy atom. The maximum atomic E-state index is 11.2. The Labute approximate surface area is 135 Å². The smallest absolute Gasteiger partial charge is 0.252 e. The van der Waals surface area contributed by atoms with E-state index in [0.29, 0.717) is 31.2 Å². The van der Waals surface area contributed by atoms with Crippen LogP contribution in [0.2, 0.25) is 20.1 Å². The van der Waals surface area contributed by atoms with Crippen LogP contribution >= 0.6 is 58.0 Å². The van der Waals surface area contributed by atoms with Crippen LogP contribution in [0.3, 0.4) is 0 Å². The van der Waals surface area contributed by atoms with Gasteiger partial charge >= 0.3 is 0 Å². The van der Waals surface area contributed by atoms with E-state index in [1.807, 2.05) is 0 Å². The molecule has 6 heteroatoms. The second kappa shape index (κ2) is 5.90. The van der Waals surface area contributed by atoms with Gasteiger partial charge in [0, 0.05) is 21.2 Å². The van der Waals surface area contributed by atoms with E-state index >= 15 is 0 Å². The third-order valence-corrected chi connectivity index (χ3v) is 3.92. The molecule has 0 aliphatic carbocycles. The van der Waals surface area contributed by atoms with Crippen LogP contribution in [-0.4, -0.2) is 5.24 Å². The molecule has 0 N–H and O–H groups in total. The molecular formula is C13H5Cl5O. The van der Waals surface area contributed by atoms with Gasteiger partial charge in [-0.15, -0.1) is 0 Å². The average molecular weight is 354 g/mol. The summed E-state index contributed by atoms with van der Waals surface area (Å²) < 4.78 is 0. The van der Waals surface area contributed by atoms with Gasteiger partial charge in [0.25, 0.3) is 5.24 Å². The molecule has 0 spiro atoms. The molecule has 0 atom stereocenters. The molecule has 19 heavy (non-hydrogen) atoms. The Morgan fingerprint density at radius 3 is 2.05 bits per heavy atom. The van der Waals surface area contributed by atoms with Gasteiger partial charge in [-0.3, -0.25) is 4.79 Å². The summed E-state index contributed by atoms with van der Waals surface area (Å²) in [5, 5.41) is 0.902. The normalized spacial score (nSPS) is 10.6. The Bertz CT molecular complexity index is 666. The molecule has 0 aromatic heterocycles. The quantitative estimate of drug-likeness (QED) is 0.454. The van der Waals surface area contributed by atoms with Crippen molar-refractivity contribution in [1.82, 2.24) is 0 Å². The van der Waals surface area contributed by atoms with Crippen molar-refractivity contribution >= 4 is 63.2 Å². The predicted octanol–water partition coefficient (Wildman–Crippen LogP) is 6.35. The monoisotopic (exact) mass is 352 g/mol. The van der Waals surface area contributed by atoms with Gasteiger partial charge in [0.05, 0.1) is 10.0 Å². The van der Waals surface area contributed by atoms with Gasteiger partial charge in [0.2, 0.25) is 0 Å². The van der Waals surface area contributed by atoms with E-state index in [2.05, 4.69) is 0 Å². The third-order valence-electron chi connectivity index (χ3n) is 2.45. The first-order valence-electron chi connectivity index (χ1n) is 5.04.